The Morgan fingerprint density at radius 1 is 0.943 bits per heavy atom. The molecule has 4 rings (SSSR count). The van der Waals surface area contributed by atoms with Crippen LogP contribution in [0.25, 0.3) is 0 Å². The van der Waals surface area contributed by atoms with Gasteiger partial charge in [-0.05, 0) is 48.0 Å². The molecule has 1 amide bonds. The lowest BCUT2D eigenvalue weighted by Crippen LogP contribution is -2.23. The zero-order valence-corrected chi connectivity index (χ0v) is 20.5. The van der Waals surface area contributed by atoms with Crippen molar-refractivity contribution in [1.29, 1.82) is 0 Å². The van der Waals surface area contributed by atoms with Crippen LogP contribution in [0.2, 0.25) is 10.0 Å². The minimum absolute atomic E-state index is 0.00113. The van der Waals surface area contributed by atoms with Gasteiger partial charge in [-0.2, -0.15) is 0 Å². The van der Waals surface area contributed by atoms with Crippen molar-refractivity contribution in [3.63, 3.8) is 0 Å². The van der Waals surface area contributed by atoms with Crippen molar-refractivity contribution in [1.82, 2.24) is 0 Å². The fourth-order valence-corrected chi connectivity index (χ4v) is 5.29. The molecule has 0 saturated heterocycles. The maximum absolute atomic E-state index is 13.9. The van der Waals surface area contributed by atoms with Crippen molar-refractivity contribution in [3.8, 4) is 0 Å². The van der Waals surface area contributed by atoms with Crippen molar-refractivity contribution in [3.05, 3.63) is 93.2 Å². The molecule has 1 fully saturated rings. The average molecular weight is 562 g/mol. The first-order valence-electron chi connectivity index (χ1n) is 10.1. The molecule has 2 atom stereocenters. The Bertz CT molecular complexity index is 1340. The summed E-state index contributed by atoms with van der Waals surface area (Å²) in [5.41, 5.74) is -0.601. The van der Waals surface area contributed by atoms with Gasteiger partial charge in [0.25, 0.3) is 5.91 Å². The number of hydrogen-bond donors (Lipinski definition) is 2. The topological polar surface area (TPSA) is 58.2 Å². The molecule has 3 aromatic carbocycles. The lowest BCUT2D eigenvalue weighted by Gasteiger charge is -2.15. The summed E-state index contributed by atoms with van der Waals surface area (Å²) in [7, 11) is 0. The first-order chi connectivity index (χ1) is 16.5. The van der Waals surface area contributed by atoms with Gasteiger partial charge in [-0.3, -0.25) is 4.79 Å². The SMILES string of the molecule is O=CC1(CNc2ccc(Cl)c(C(=O)Nc3ccc(F)cc3F)c2)C(c2ccc(F)c(Cl)c2)C1(Cl)Cl. The highest BCUT2D eigenvalue weighted by molar-refractivity contribution is 6.54. The second-order valence-electron chi connectivity index (χ2n) is 8.01. The number of carbonyl (C=O) groups is 2. The molecule has 1 aliphatic rings. The summed E-state index contributed by atoms with van der Waals surface area (Å²) in [4.78, 5) is 24.8. The van der Waals surface area contributed by atoms with Crippen molar-refractivity contribution in [2.45, 2.75) is 10.3 Å². The second-order valence-corrected chi connectivity index (χ2v) is 10.2. The van der Waals surface area contributed by atoms with E-state index in [9.17, 15) is 22.8 Å². The number of nitrogens with one attached hydrogen (secondary N) is 2. The molecule has 2 N–H and O–H groups in total. The maximum Gasteiger partial charge on any atom is 0.257 e. The van der Waals surface area contributed by atoms with E-state index in [1.54, 1.807) is 6.07 Å². The number of rotatable bonds is 7. The van der Waals surface area contributed by atoms with Crippen LogP contribution in [-0.4, -0.2) is 23.1 Å². The fraction of sp³-hybridized carbons (Fsp3) is 0.167. The number of aldehydes is 1. The van der Waals surface area contributed by atoms with Crippen molar-refractivity contribution < 1.29 is 22.8 Å². The fourth-order valence-electron chi connectivity index (χ4n) is 3.92. The molecule has 0 bridgehead atoms. The molecule has 0 aromatic heterocycles. The van der Waals surface area contributed by atoms with Gasteiger partial charge < -0.3 is 15.4 Å². The predicted molar refractivity (Wildman–Crippen MR) is 131 cm³/mol. The molecule has 0 aliphatic heterocycles. The molecule has 2 unspecified atom stereocenters. The normalized spacial score (nSPS) is 20.3. The molecule has 182 valence electrons. The van der Waals surface area contributed by atoms with Crippen LogP contribution in [0.4, 0.5) is 24.5 Å². The average Bonchev–Trinajstić information content (AvgIpc) is 3.31. The smallest absolute Gasteiger partial charge is 0.257 e. The number of halogens is 7. The Labute approximate surface area is 218 Å². The van der Waals surface area contributed by atoms with Gasteiger partial charge in [0.05, 0.1) is 26.7 Å². The summed E-state index contributed by atoms with van der Waals surface area (Å²) in [5, 5.41) is 5.30. The Kier molecular flexibility index (Phi) is 6.99. The van der Waals surface area contributed by atoms with Crippen LogP contribution < -0.4 is 10.6 Å². The molecule has 1 aliphatic carbocycles. The van der Waals surface area contributed by atoms with Crippen LogP contribution in [-0.2, 0) is 4.79 Å². The van der Waals surface area contributed by atoms with Gasteiger partial charge in [0.15, 0.2) is 0 Å². The Balaban J connectivity index is 1.53. The minimum Gasteiger partial charge on any atom is -0.384 e. The van der Waals surface area contributed by atoms with Gasteiger partial charge >= 0.3 is 0 Å². The molecule has 1 saturated carbocycles. The van der Waals surface area contributed by atoms with Crippen molar-refractivity contribution in [2.75, 3.05) is 17.2 Å². The molecule has 0 heterocycles. The van der Waals surface area contributed by atoms with E-state index in [1.165, 1.54) is 24.3 Å². The zero-order chi connectivity index (χ0) is 25.5. The number of amides is 1. The third-order valence-corrected chi connectivity index (χ3v) is 7.64. The van der Waals surface area contributed by atoms with Crippen LogP contribution in [0.3, 0.4) is 0 Å². The molecule has 4 nitrogen and oxygen atoms in total. The molecule has 0 radical (unpaired) electrons. The lowest BCUT2D eigenvalue weighted by atomic mass is 10.00. The third kappa shape index (κ3) is 4.70. The third-order valence-electron chi connectivity index (χ3n) is 5.88. The monoisotopic (exact) mass is 560 g/mol. The number of hydrogen-bond acceptors (Lipinski definition) is 3. The van der Waals surface area contributed by atoms with Crippen molar-refractivity contribution in [2.24, 2.45) is 5.41 Å². The summed E-state index contributed by atoms with van der Waals surface area (Å²) in [6.45, 7) is -0.0293. The first-order valence-corrected chi connectivity index (χ1v) is 11.6. The van der Waals surface area contributed by atoms with E-state index in [0.717, 1.165) is 18.2 Å². The van der Waals surface area contributed by atoms with Crippen LogP contribution in [0.1, 0.15) is 21.8 Å². The molecular weight excluding hydrogens is 547 g/mol. The minimum atomic E-state index is -1.49. The van der Waals surface area contributed by atoms with E-state index in [1.807, 2.05) is 0 Å². The van der Waals surface area contributed by atoms with Gasteiger partial charge in [-0.15, -0.1) is 0 Å². The summed E-state index contributed by atoms with van der Waals surface area (Å²) in [6, 6.07) is 11.1. The Hall–Kier alpha value is -2.45. The lowest BCUT2D eigenvalue weighted by molar-refractivity contribution is -0.112. The van der Waals surface area contributed by atoms with Crippen LogP contribution >= 0.6 is 46.4 Å². The zero-order valence-electron chi connectivity index (χ0n) is 17.5. The molecular formula is C24H15Cl4F3N2O2. The van der Waals surface area contributed by atoms with Gasteiger partial charge in [-0.1, -0.05) is 52.5 Å². The first kappa shape index (κ1) is 25.6. The largest absolute Gasteiger partial charge is 0.384 e. The quantitative estimate of drug-likeness (QED) is 0.236. The summed E-state index contributed by atoms with van der Waals surface area (Å²) in [5.74, 6) is -3.75. The standard InChI is InChI=1S/C24H15Cl4F3N2O2/c25-16-4-3-14(9-15(16)22(35)33-20-6-2-13(29)8-19(20)31)32-10-23(11-34)21(24(23,27)28)12-1-5-18(30)17(26)7-12/h1-9,11,21,32H,10H2,(H,33,35). The highest BCUT2D eigenvalue weighted by atomic mass is 35.5. The van der Waals surface area contributed by atoms with Crippen LogP contribution in [0.15, 0.2) is 54.6 Å². The summed E-state index contributed by atoms with van der Waals surface area (Å²) >= 11 is 24.9. The Morgan fingerprint density at radius 2 is 1.69 bits per heavy atom. The summed E-state index contributed by atoms with van der Waals surface area (Å²) in [6.07, 6.45) is 0.628. The van der Waals surface area contributed by atoms with Gasteiger partial charge in [0.1, 0.15) is 28.1 Å². The van der Waals surface area contributed by atoms with Crippen LogP contribution in [0.5, 0.6) is 0 Å². The predicted octanol–water partition coefficient (Wildman–Crippen LogP) is 7.23. The van der Waals surface area contributed by atoms with E-state index in [2.05, 4.69) is 10.6 Å². The van der Waals surface area contributed by atoms with E-state index in [0.29, 0.717) is 23.6 Å². The summed E-state index contributed by atoms with van der Waals surface area (Å²) < 4.78 is 39.1. The number of carbonyl (C=O) groups excluding carboxylic acids is 2. The van der Waals surface area contributed by atoms with E-state index < -0.39 is 39.0 Å². The van der Waals surface area contributed by atoms with E-state index in [4.69, 9.17) is 46.4 Å². The molecule has 3 aromatic rings. The number of anilines is 2. The van der Waals surface area contributed by atoms with Gasteiger partial charge in [0, 0.05) is 24.2 Å². The van der Waals surface area contributed by atoms with E-state index in [-0.39, 0.29) is 27.8 Å². The highest BCUT2D eigenvalue weighted by Gasteiger charge is 2.76. The van der Waals surface area contributed by atoms with Crippen molar-refractivity contribution >= 4 is 70.0 Å². The molecule has 0 spiro atoms. The van der Waals surface area contributed by atoms with Gasteiger partial charge in [-0.25, -0.2) is 13.2 Å². The number of benzene rings is 3. The second kappa shape index (κ2) is 9.54. The highest BCUT2D eigenvalue weighted by Crippen LogP contribution is 2.73. The molecule has 11 heteroatoms. The van der Waals surface area contributed by atoms with Gasteiger partial charge in [0.2, 0.25) is 0 Å². The van der Waals surface area contributed by atoms with Crippen LogP contribution in [0, 0.1) is 22.9 Å². The maximum atomic E-state index is 13.9. The number of alkyl halides is 2. The van der Waals surface area contributed by atoms with E-state index >= 15 is 0 Å². The Morgan fingerprint density at radius 3 is 2.34 bits per heavy atom. The molecule has 35 heavy (non-hydrogen) atoms.